The maximum Gasteiger partial charge on any atom is 0.273 e. The van der Waals surface area contributed by atoms with Crippen LogP contribution in [0.15, 0.2) is 52.5 Å². The van der Waals surface area contributed by atoms with Gasteiger partial charge in [0, 0.05) is 49.4 Å². The molecular weight excluding hydrogens is 368 g/mol. The van der Waals surface area contributed by atoms with Gasteiger partial charge in [-0.25, -0.2) is 4.98 Å². The van der Waals surface area contributed by atoms with Crippen LogP contribution in [-0.4, -0.2) is 46.9 Å². The van der Waals surface area contributed by atoms with E-state index in [1.807, 2.05) is 6.07 Å². The van der Waals surface area contributed by atoms with Crippen molar-refractivity contribution in [2.24, 2.45) is 0 Å². The quantitative estimate of drug-likeness (QED) is 0.506. The smallest absolute Gasteiger partial charge is 0.273 e. The van der Waals surface area contributed by atoms with Gasteiger partial charge in [-0.1, -0.05) is 0 Å². The first kappa shape index (κ1) is 17.2. The Morgan fingerprint density at radius 2 is 1.89 bits per heavy atom. The minimum Gasteiger partial charge on any atom is -0.462 e. The molecule has 3 heterocycles. The molecule has 4 rings (SSSR count). The van der Waals surface area contributed by atoms with Crippen LogP contribution in [0.4, 0.5) is 11.4 Å². The van der Waals surface area contributed by atoms with Crippen LogP contribution in [0.25, 0.3) is 10.8 Å². The number of hydrogen-bond donors (Lipinski definition) is 0. The molecule has 8 nitrogen and oxygen atoms in total. The number of nitro benzene ring substituents is 1. The molecule has 0 saturated carbocycles. The van der Waals surface area contributed by atoms with Crippen molar-refractivity contribution in [1.29, 1.82) is 0 Å². The number of carbonyl (C=O) groups is 1. The van der Waals surface area contributed by atoms with Gasteiger partial charge in [-0.15, -0.1) is 11.3 Å². The summed E-state index contributed by atoms with van der Waals surface area (Å²) in [6, 6.07) is 10.1. The Hall–Kier alpha value is -3.20. The molecular formula is C18H16N4O4S. The summed E-state index contributed by atoms with van der Waals surface area (Å²) in [5.41, 5.74) is 1.42. The zero-order valence-corrected chi connectivity index (χ0v) is 15.1. The lowest BCUT2D eigenvalue weighted by atomic mass is 10.2. The number of thiazole rings is 1. The van der Waals surface area contributed by atoms with Crippen LogP contribution in [0.3, 0.4) is 0 Å². The molecule has 9 heteroatoms. The molecule has 27 heavy (non-hydrogen) atoms. The molecule has 0 bridgehead atoms. The van der Waals surface area contributed by atoms with Gasteiger partial charge in [0.2, 0.25) is 0 Å². The Bertz CT molecular complexity index is 944. The van der Waals surface area contributed by atoms with Crippen LogP contribution in [0, 0.1) is 10.1 Å². The summed E-state index contributed by atoms with van der Waals surface area (Å²) in [6.07, 6.45) is 1.58. The van der Waals surface area contributed by atoms with E-state index in [0.29, 0.717) is 42.6 Å². The molecule has 0 aliphatic carbocycles. The van der Waals surface area contributed by atoms with E-state index in [9.17, 15) is 14.9 Å². The molecule has 0 N–H and O–H groups in total. The first-order chi connectivity index (χ1) is 13.1. The van der Waals surface area contributed by atoms with E-state index in [1.54, 1.807) is 34.7 Å². The van der Waals surface area contributed by atoms with E-state index >= 15 is 0 Å². The predicted octanol–water partition coefficient (Wildman–Crippen LogP) is 3.27. The van der Waals surface area contributed by atoms with Gasteiger partial charge in [0.15, 0.2) is 10.8 Å². The fraction of sp³-hybridized carbons (Fsp3) is 0.222. The Morgan fingerprint density at radius 3 is 2.52 bits per heavy atom. The molecule has 1 amide bonds. The molecule has 1 fully saturated rings. The lowest BCUT2D eigenvalue weighted by molar-refractivity contribution is -0.384. The normalized spacial score (nSPS) is 14.4. The number of amides is 1. The Balaban J connectivity index is 1.38. The average molecular weight is 384 g/mol. The van der Waals surface area contributed by atoms with Gasteiger partial charge in [-0.3, -0.25) is 14.9 Å². The molecule has 0 radical (unpaired) electrons. The van der Waals surface area contributed by atoms with Gasteiger partial charge in [0.1, 0.15) is 5.69 Å². The highest BCUT2D eigenvalue weighted by molar-refractivity contribution is 7.13. The van der Waals surface area contributed by atoms with Crippen molar-refractivity contribution in [3.63, 3.8) is 0 Å². The SMILES string of the molecule is O=C(c1csc(-c2ccco2)n1)N1CCN(c2ccc([N+](=O)[O-])cc2)CC1. The van der Waals surface area contributed by atoms with Gasteiger partial charge in [0.25, 0.3) is 11.6 Å². The summed E-state index contributed by atoms with van der Waals surface area (Å²) in [7, 11) is 0. The van der Waals surface area contributed by atoms with Crippen LogP contribution in [0.5, 0.6) is 0 Å². The second-order valence-electron chi connectivity index (χ2n) is 6.07. The number of carbonyl (C=O) groups excluding carboxylic acids is 1. The maximum absolute atomic E-state index is 12.7. The number of nitro groups is 1. The molecule has 1 aliphatic rings. The lowest BCUT2D eigenvalue weighted by Gasteiger charge is -2.35. The first-order valence-corrected chi connectivity index (χ1v) is 9.28. The summed E-state index contributed by atoms with van der Waals surface area (Å²) >= 11 is 1.38. The lowest BCUT2D eigenvalue weighted by Crippen LogP contribution is -2.48. The molecule has 3 aromatic rings. The number of furan rings is 1. The van der Waals surface area contributed by atoms with Crippen molar-refractivity contribution in [3.8, 4) is 10.8 Å². The van der Waals surface area contributed by atoms with Crippen LogP contribution >= 0.6 is 11.3 Å². The highest BCUT2D eigenvalue weighted by atomic mass is 32.1. The largest absolute Gasteiger partial charge is 0.462 e. The van der Waals surface area contributed by atoms with E-state index in [-0.39, 0.29) is 11.6 Å². The Labute approximate surface area is 158 Å². The molecule has 1 aliphatic heterocycles. The summed E-state index contributed by atoms with van der Waals surface area (Å²) in [4.78, 5) is 31.3. The third kappa shape index (κ3) is 3.54. The van der Waals surface area contributed by atoms with E-state index in [0.717, 1.165) is 5.69 Å². The molecule has 1 saturated heterocycles. The minimum absolute atomic E-state index is 0.0726. The first-order valence-electron chi connectivity index (χ1n) is 8.40. The van der Waals surface area contributed by atoms with Crippen molar-refractivity contribution in [3.05, 3.63) is 63.8 Å². The van der Waals surface area contributed by atoms with Crippen LogP contribution in [0.2, 0.25) is 0 Å². The topological polar surface area (TPSA) is 92.7 Å². The minimum atomic E-state index is -0.411. The van der Waals surface area contributed by atoms with Crippen molar-refractivity contribution in [2.45, 2.75) is 0 Å². The zero-order valence-electron chi connectivity index (χ0n) is 14.3. The summed E-state index contributed by atoms with van der Waals surface area (Å²) < 4.78 is 5.32. The maximum atomic E-state index is 12.7. The molecule has 138 valence electrons. The van der Waals surface area contributed by atoms with Gasteiger partial charge in [-0.05, 0) is 24.3 Å². The van der Waals surface area contributed by atoms with Crippen molar-refractivity contribution in [1.82, 2.24) is 9.88 Å². The highest BCUT2D eigenvalue weighted by Gasteiger charge is 2.24. The number of nitrogens with zero attached hydrogens (tertiary/aromatic N) is 4. The zero-order chi connectivity index (χ0) is 18.8. The number of benzene rings is 1. The van der Waals surface area contributed by atoms with E-state index in [4.69, 9.17) is 4.42 Å². The van der Waals surface area contributed by atoms with Gasteiger partial charge < -0.3 is 14.2 Å². The second-order valence-corrected chi connectivity index (χ2v) is 6.93. The van der Waals surface area contributed by atoms with Crippen molar-refractivity contribution < 1.29 is 14.1 Å². The van der Waals surface area contributed by atoms with Crippen molar-refractivity contribution >= 4 is 28.6 Å². The third-order valence-corrected chi connectivity index (χ3v) is 5.30. The fourth-order valence-corrected chi connectivity index (χ4v) is 3.76. The number of aromatic nitrogens is 1. The average Bonchev–Trinajstić information content (AvgIpc) is 3.39. The van der Waals surface area contributed by atoms with Crippen molar-refractivity contribution in [2.75, 3.05) is 31.1 Å². The van der Waals surface area contributed by atoms with Crippen LogP contribution in [-0.2, 0) is 0 Å². The summed E-state index contributed by atoms with van der Waals surface area (Å²) in [6.45, 7) is 2.48. The van der Waals surface area contributed by atoms with Gasteiger partial charge in [-0.2, -0.15) is 0 Å². The number of anilines is 1. The van der Waals surface area contributed by atoms with Gasteiger partial charge in [0.05, 0.1) is 11.2 Å². The molecule has 0 unspecified atom stereocenters. The number of rotatable bonds is 4. The highest BCUT2D eigenvalue weighted by Crippen LogP contribution is 2.25. The number of non-ortho nitro benzene ring substituents is 1. The predicted molar refractivity (Wildman–Crippen MR) is 101 cm³/mol. The molecule has 1 aromatic carbocycles. The molecule has 0 spiro atoms. The van der Waals surface area contributed by atoms with Crippen LogP contribution < -0.4 is 4.90 Å². The van der Waals surface area contributed by atoms with E-state index in [1.165, 1.54) is 23.5 Å². The standard InChI is InChI=1S/C18H16N4O4S/c23-18(15-12-27-17(19-15)16-2-1-11-26-16)21-9-7-20(8-10-21)13-3-5-14(6-4-13)22(24)25/h1-6,11-12H,7-10H2. The monoisotopic (exact) mass is 384 g/mol. The van der Waals surface area contributed by atoms with E-state index in [2.05, 4.69) is 9.88 Å². The summed E-state index contributed by atoms with van der Waals surface area (Å²) in [5.74, 6) is 0.564. The second kappa shape index (κ2) is 7.20. The third-order valence-electron chi connectivity index (χ3n) is 4.45. The number of hydrogen-bond acceptors (Lipinski definition) is 7. The van der Waals surface area contributed by atoms with Gasteiger partial charge >= 0.3 is 0 Å². The molecule has 2 aromatic heterocycles. The number of piperazine rings is 1. The van der Waals surface area contributed by atoms with E-state index < -0.39 is 4.92 Å². The molecule has 0 atom stereocenters. The Kier molecular flexibility index (Phi) is 4.59. The summed E-state index contributed by atoms with van der Waals surface area (Å²) in [5, 5.41) is 13.2. The van der Waals surface area contributed by atoms with Crippen LogP contribution in [0.1, 0.15) is 10.5 Å². The fourth-order valence-electron chi connectivity index (χ4n) is 3.00. The Morgan fingerprint density at radius 1 is 1.15 bits per heavy atom.